The van der Waals surface area contributed by atoms with E-state index in [1.54, 1.807) is 41.5 Å². The van der Waals surface area contributed by atoms with Crippen molar-refractivity contribution >= 4 is 56.4 Å². The van der Waals surface area contributed by atoms with E-state index in [-0.39, 0.29) is 29.4 Å². The molecule has 2 N–H and O–H groups in total. The lowest BCUT2D eigenvalue weighted by atomic mass is 9.78. The van der Waals surface area contributed by atoms with Gasteiger partial charge >= 0.3 is 11.9 Å². The maximum Gasteiger partial charge on any atom is 0.306 e. The molecule has 244 valence electrons. The van der Waals surface area contributed by atoms with E-state index in [9.17, 15) is 28.3 Å². The number of amides is 1. The Bertz CT molecular complexity index is 1270. The van der Waals surface area contributed by atoms with Crippen LogP contribution >= 0.6 is 38.5 Å². The van der Waals surface area contributed by atoms with Crippen molar-refractivity contribution in [2.75, 3.05) is 13.7 Å². The van der Waals surface area contributed by atoms with E-state index in [1.165, 1.54) is 12.1 Å². The molecule has 0 aliphatic heterocycles. The SMILES string of the molecule is COC(=O)C[C@H](C(=O)NN(Cc1c(F)cc(Br)cc1F)C[C@H](O)[C@@H](CC(=O)OC(C)(C)C)Cc1ccc(I)cc1)C(C)(C)C. The van der Waals surface area contributed by atoms with Crippen LogP contribution in [0, 0.1) is 32.5 Å². The molecule has 0 radical (unpaired) electrons. The molecule has 3 atom stereocenters. The molecule has 0 saturated carbocycles. The van der Waals surface area contributed by atoms with Crippen molar-refractivity contribution in [3.8, 4) is 0 Å². The standard InChI is InChI=1S/C32H42BrF2IN2O6/c1-31(2,3)24(16-28(40)43-7)30(42)37-38(17-23-25(34)14-21(33)15-26(23)35)18-27(39)20(13-29(41)44-32(4,5)6)12-19-8-10-22(36)11-9-19/h8-11,14-15,20,24,27,39H,12-13,16-18H2,1-7H3,(H,37,42)/t20-,24-,27+/m1/s1. The first-order valence-corrected chi connectivity index (χ1v) is 16.1. The van der Waals surface area contributed by atoms with Gasteiger partial charge in [0.1, 0.15) is 17.2 Å². The number of aliphatic hydroxyl groups excluding tert-OH is 1. The minimum absolute atomic E-state index is 0.139. The number of ether oxygens (including phenoxy) is 2. The molecule has 2 aromatic rings. The number of benzene rings is 2. The summed E-state index contributed by atoms with van der Waals surface area (Å²) in [5.41, 5.74) is 1.80. The number of nitrogens with zero attached hydrogens (tertiary/aromatic N) is 1. The number of aliphatic hydroxyl groups is 1. The molecule has 0 aromatic heterocycles. The van der Waals surface area contributed by atoms with Gasteiger partial charge in [0.15, 0.2) is 0 Å². The molecule has 0 aliphatic rings. The molecule has 2 rings (SSSR count). The van der Waals surface area contributed by atoms with Crippen LogP contribution < -0.4 is 5.43 Å². The first kappa shape index (κ1) is 38.0. The van der Waals surface area contributed by atoms with Crippen LogP contribution in [0.15, 0.2) is 40.9 Å². The van der Waals surface area contributed by atoms with Gasteiger partial charge in [-0.15, -0.1) is 0 Å². The molecule has 8 nitrogen and oxygen atoms in total. The quantitative estimate of drug-likeness (QED) is 0.139. The van der Waals surface area contributed by atoms with Crippen molar-refractivity contribution in [2.45, 2.75) is 79.1 Å². The number of esters is 2. The van der Waals surface area contributed by atoms with Crippen LogP contribution in [0.5, 0.6) is 0 Å². The van der Waals surface area contributed by atoms with E-state index in [4.69, 9.17) is 9.47 Å². The summed E-state index contributed by atoms with van der Waals surface area (Å²) in [4.78, 5) is 38.6. The van der Waals surface area contributed by atoms with Crippen molar-refractivity contribution in [1.29, 1.82) is 0 Å². The number of halogens is 4. The number of nitrogens with one attached hydrogen (secondary N) is 1. The second-order valence-corrected chi connectivity index (χ2v) is 15.0. The summed E-state index contributed by atoms with van der Waals surface area (Å²) < 4.78 is 41.4. The smallest absolute Gasteiger partial charge is 0.306 e. The molecule has 2 aromatic carbocycles. The predicted molar refractivity (Wildman–Crippen MR) is 175 cm³/mol. The fraction of sp³-hybridized carbons (Fsp3) is 0.531. The molecule has 0 unspecified atom stereocenters. The van der Waals surface area contributed by atoms with Crippen LogP contribution in [-0.2, 0) is 36.8 Å². The highest BCUT2D eigenvalue weighted by Gasteiger charge is 2.36. The van der Waals surface area contributed by atoms with Crippen LogP contribution in [0.4, 0.5) is 8.78 Å². The van der Waals surface area contributed by atoms with Crippen molar-refractivity contribution in [2.24, 2.45) is 17.3 Å². The predicted octanol–water partition coefficient (Wildman–Crippen LogP) is 6.34. The topological polar surface area (TPSA) is 105 Å². The second-order valence-electron chi connectivity index (χ2n) is 12.9. The number of hydrogen-bond donors (Lipinski definition) is 2. The van der Waals surface area contributed by atoms with Gasteiger partial charge in [0.2, 0.25) is 5.91 Å². The highest BCUT2D eigenvalue weighted by Crippen LogP contribution is 2.30. The lowest BCUT2D eigenvalue weighted by Crippen LogP contribution is -2.51. The monoisotopic (exact) mass is 794 g/mol. The van der Waals surface area contributed by atoms with E-state index < -0.39 is 65.0 Å². The molecular weight excluding hydrogens is 753 g/mol. The highest BCUT2D eigenvalue weighted by atomic mass is 127. The molecule has 0 saturated heterocycles. The Morgan fingerprint density at radius 3 is 2.07 bits per heavy atom. The summed E-state index contributed by atoms with van der Waals surface area (Å²) in [7, 11) is 1.22. The second kappa shape index (κ2) is 16.4. The normalized spacial score (nSPS) is 14.1. The van der Waals surface area contributed by atoms with Crippen LogP contribution in [-0.4, -0.2) is 53.3 Å². The lowest BCUT2D eigenvalue weighted by molar-refractivity contribution is -0.157. The minimum Gasteiger partial charge on any atom is -0.469 e. The molecule has 0 spiro atoms. The lowest BCUT2D eigenvalue weighted by Gasteiger charge is -2.34. The summed E-state index contributed by atoms with van der Waals surface area (Å²) in [5, 5.41) is 12.7. The Hall–Kier alpha value is -2.16. The summed E-state index contributed by atoms with van der Waals surface area (Å²) in [5.74, 6) is -4.93. The van der Waals surface area contributed by atoms with Gasteiger partial charge < -0.3 is 14.6 Å². The Kier molecular flexibility index (Phi) is 14.2. The van der Waals surface area contributed by atoms with Crippen LogP contribution in [0.25, 0.3) is 0 Å². The van der Waals surface area contributed by atoms with Gasteiger partial charge in [-0.05, 0) is 85.0 Å². The van der Waals surface area contributed by atoms with E-state index in [1.807, 2.05) is 24.3 Å². The van der Waals surface area contributed by atoms with Gasteiger partial charge in [0.25, 0.3) is 0 Å². The van der Waals surface area contributed by atoms with Crippen LogP contribution in [0.1, 0.15) is 65.5 Å². The zero-order valence-corrected chi connectivity index (χ0v) is 29.9. The summed E-state index contributed by atoms with van der Waals surface area (Å²) in [6.07, 6.45) is -1.30. The number of hydrogen-bond acceptors (Lipinski definition) is 7. The van der Waals surface area contributed by atoms with Crippen LogP contribution in [0.2, 0.25) is 0 Å². The third-order valence-corrected chi connectivity index (χ3v) is 8.07. The van der Waals surface area contributed by atoms with Crippen molar-refractivity contribution < 1.29 is 37.7 Å². The number of carbonyl (C=O) groups excluding carboxylic acids is 3. The van der Waals surface area contributed by atoms with Gasteiger partial charge in [0, 0.05) is 32.6 Å². The number of carbonyl (C=O) groups is 3. The zero-order valence-electron chi connectivity index (χ0n) is 26.2. The summed E-state index contributed by atoms with van der Waals surface area (Å²) in [6, 6.07) is 9.81. The fourth-order valence-corrected chi connectivity index (χ4v) is 5.34. The van der Waals surface area contributed by atoms with Gasteiger partial charge in [-0.25, -0.2) is 13.8 Å². The van der Waals surface area contributed by atoms with Crippen molar-refractivity contribution in [3.63, 3.8) is 0 Å². The van der Waals surface area contributed by atoms with Crippen LogP contribution in [0.3, 0.4) is 0 Å². The third-order valence-electron chi connectivity index (χ3n) is 6.90. The van der Waals surface area contributed by atoms with Crippen molar-refractivity contribution in [1.82, 2.24) is 10.4 Å². The molecule has 0 fully saturated rings. The average molecular weight is 796 g/mol. The Balaban J connectivity index is 2.45. The van der Waals surface area contributed by atoms with E-state index in [0.29, 0.717) is 6.42 Å². The van der Waals surface area contributed by atoms with E-state index >= 15 is 0 Å². The Morgan fingerprint density at radius 1 is 1.00 bits per heavy atom. The summed E-state index contributed by atoms with van der Waals surface area (Å²) >= 11 is 5.25. The molecule has 1 amide bonds. The molecule has 0 aliphatic carbocycles. The highest BCUT2D eigenvalue weighted by molar-refractivity contribution is 14.1. The van der Waals surface area contributed by atoms with Crippen molar-refractivity contribution in [3.05, 3.63) is 67.2 Å². The first-order chi connectivity index (χ1) is 20.3. The summed E-state index contributed by atoms with van der Waals surface area (Å²) in [6.45, 7) is 9.86. The zero-order chi connectivity index (χ0) is 33.4. The Labute approximate surface area is 280 Å². The number of rotatable bonds is 13. The molecule has 12 heteroatoms. The number of hydrazine groups is 1. The largest absolute Gasteiger partial charge is 0.469 e. The van der Waals surface area contributed by atoms with Gasteiger partial charge in [0.05, 0.1) is 32.0 Å². The van der Waals surface area contributed by atoms with Gasteiger partial charge in [-0.3, -0.25) is 19.8 Å². The third kappa shape index (κ3) is 12.7. The van der Waals surface area contributed by atoms with Gasteiger partial charge in [-0.1, -0.05) is 48.8 Å². The first-order valence-electron chi connectivity index (χ1n) is 14.2. The minimum atomic E-state index is -1.24. The van der Waals surface area contributed by atoms with Gasteiger partial charge in [-0.2, -0.15) is 0 Å². The molecular formula is C32H42BrF2IN2O6. The maximum absolute atomic E-state index is 14.9. The fourth-order valence-electron chi connectivity index (χ4n) is 4.58. The Morgan fingerprint density at radius 2 is 1.57 bits per heavy atom. The van der Waals surface area contributed by atoms with E-state index in [0.717, 1.165) is 21.3 Å². The molecule has 0 bridgehead atoms. The molecule has 44 heavy (non-hydrogen) atoms. The maximum atomic E-state index is 14.9. The molecule has 0 heterocycles. The number of methoxy groups -OCH3 is 1. The van der Waals surface area contributed by atoms with E-state index in [2.05, 4.69) is 43.9 Å². The average Bonchev–Trinajstić information content (AvgIpc) is 2.87.